The van der Waals surface area contributed by atoms with E-state index < -0.39 is 0 Å². The van der Waals surface area contributed by atoms with Gasteiger partial charge in [0, 0.05) is 18.3 Å². The highest BCUT2D eigenvalue weighted by atomic mass is 35.5. The lowest BCUT2D eigenvalue weighted by atomic mass is 10.00. The maximum atomic E-state index is 12.1. The van der Waals surface area contributed by atoms with Crippen LogP contribution in [-0.4, -0.2) is 45.6 Å². The SMILES string of the molecule is O=C(CN1C2CCC1CC(O)C2)Nc1cccnc1Cl. The number of hydrogen-bond donors (Lipinski definition) is 2. The number of rotatable bonds is 3. The number of halogens is 1. The van der Waals surface area contributed by atoms with Gasteiger partial charge in [-0.25, -0.2) is 4.98 Å². The Balaban J connectivity index is 1.61. The van der Waals surface area contributed by atoms with E-state index >= 15 is 0 Å². The maximum Gasteiger partial charge on any atom is 0.238 e. The van der Waals surface area contributed by atoms with Crippen LogP contribution in [0, 0.1) is 0 Å². The normalized spacial score (nSPS) is 29.4. The molecule has 1 aromatic heterocycles. The van der Waals surface area contributed by atoms with Gasteiger partial charge in [0.2, 0.25) is 5.91 Å². The molecule has 108 valence electrons. The number of pyridine rings is 1. The van der Waals surface area contributed by atoms with Crippen molar-refractivity contribution in [2.45, 2.75) is 43.9 Å². The summed E-state index contributed by atoms with van der Waals surface area (Å²) < 4.78 is 0. The van der Waals surface area contributed by atoms with Crippen LogP contribution in [0.4, 0.5) is 5.69 Å². The first-order chi connectivity index (χ1) is 9.63. The molecule has 0 aromatic carbocycles. The summed E-state index contributed by atoms with van der Waals surface area (Å²) in [5.41, 5.74) is 0.545. The van der Waals surface area contributed by atoms with Gasteiger partial charge in [0.15, 0.2) is 5.15 Å². The third kappa shape index (κ3) is 2.80. The monoisotopic (exact) mass is 295 g/mol. The Kier molecular flexibility index (Phi) is 3.92. The van der Waals surface area contributed by atoms with Gasteiger partial charge in [-0.15, -0.1) is 0 Å². The van der Waals surface area contributed by atoms with Crippen molar-refractivity contribution in [3.05, 3.63) is 23.5 Å². The Labute approximate surface area is 122 Å². The highest BCUT2D eigenvalue weighted by Gasteiger charge is 2.40. The number of aromatic nitrogens is 1. The zero-order chi connectivity index (χ0) is 14.1. The van der Waals surface area contributed by atoms with Crippen LogP contribution in [0.25, 0.3) is 0 Å². The number of nitrogens with one attached hydrogen (secondary N) is 1. The Morgan fingerprint density at radius 3 is 2.80 bits per heavy atom. The summed E-state index contributed by atoms with van der Waals surface area (Å²) >= 11 is 5.93. The van der Waals surface area contributed by atoms with Crippen molar-refractivity contribution < 1.29 is 9.90 Å². The lowest BCUT2D eigenvalue weighted by Gasteiger charge is -2.36. The quantitative estimate of drug-likeness (QED) is 0.833. The summed E-state index contributed by atoms with van der Waals surface area (Å²) in [6.07, 6.45) is 5.07. The van der Waals surface area contributed by atoms with Gasteiger partial charge in [-0.1, -0.05) is 11.6 Å². The van der Waals surface area contributed by atoms with Crippen LogP contribution < -0.4 is 5.32 Å². The van der Waals surface area contributed by atoms with Gasteiger partial charge in [0.05, 0.1) is 18.3 Å². The number of fused-ring (bicyclic) bond motifs is 2. The van der Waals surface area contributed by atoms with Crippen molar-refractivity contribution in [2.24, 2.45) is 0 Å². The van der Waals surface area contributed by atoms with Gasteiger partial charge in [0.25, 0.3) is 0 Å². The third-order valence-electron chi connectivity index (χ3n) is 4.22. The second-order valence-electron chi connectivity index (χ2n) is 5.57. The molecule has 2 bridgehead atoms. The number of aliphatic hydroxyl groups is 1. The lowest BCUT2D eigenvalue weighted by molar-refractivity contribution is -0.119. The molecule has 0 radical (unpaired) electrons. The topological polar surface area (TPSA) is 65.5 Å². The molecule has 3 heterocycles. The van der Waals surface area contributed by atoms with Gasteiger partial charge in [-0.2, -0.15) is 0 Å². The van der Waals surface area contributed by atoms with Gasteiger partial charge in [-0.3, -0.25) is 9.69 Å². The molecule has 1 aromatic rings. The van der Waals surface area contributed by atoms with E-state index in [4.69, 9.17) is 11.6 Å². The minimum absolute atomic E-state index is 0.0758. The van der Waals surface area contributed by atoms with Gasteiger partial charge in [0.1, 0.15) is 0 Å². The highest BCUT2D eigenvalue weighted by Crippen LogP contribution is 2.35. The zero-order valence-electron chi connectivity index (χ0n) is 11.1. The standard InChI is InChI=1S/C14H18ClN3O2/c15-14-12(2-1-5-16-14)17-13(20)8-18-9-3-4-10(18)7-11(19)6-9/h1-2,5,9-11,19H,3-4,6-8H2,(H,17,20). The number of piperidine rings is 1. The zero-order valence-corrected chi connectivity index (χ0v) is 11.9. The van der Waals surface area contributed by atoms with E-state index in [2.05, 4.69) is 15.2 Å². The van der Waals surface area contributed by atoms with Gasteiger partial charge in [-0.05, 0) is 37.8 Å². The molecule has 0 spiro atoms. The predicted octanol–water partition coefficient (Wildman–Crippen LogP) is 1.66. The Bertz CT molecular complexity index is 497. The van der Waals surface area contributed by atoms with Crippen LogP contribution in [-0.2, 0) is 4.79 Å². The average molecular weight is 296 g/mol. The van der Waals surface area contributed by atoms with E-state index in [0.717, 1.165) is 25.7 Å². The van der Waals surface area contributed by atoms with E-state index in [0.29, 0.717) is 29.5 Å². The number of aliphatic hydroxyl groups excluding tert-OH is 1. The molecule has 20 heavy (non-hydrogen) atoms. The number of carbonyl (C=O) groups excluding carboxylic acids is 1. The van der Waals surface area contributed by atoms with E-state index in [1.165, 1.54) is 0 Å². The summed E-state index contributed by atoms with van der Waals surface area (Å²) in [5, 5.41) is 12.9. The molecule has 2 aliphatic rings. The average Bonchev–Trinajstić information content (AvgIpc) is 2.65. The summed E-state index contributed by atoms with van der Waals surface area (Å²) in [7, 11) is 0. The van der Waals surface area contributed by atoms with E-state index in [1.807, 2.05) is 0 Å². The molecule has 2 atom stereocenters. The largest absolute Gasteiger partial charge is 0.393 e. The highest BCUT2D eigenvalue weighted by molar-refractivity contribution is 6.32. The number of nitrogens with zero attached hydrogens (tertiary/aromatic N) is 2. The molecule has 2 aliphatic heterocycles. The van der Waals surface area contributed by atoms with Crippen molar-refractivity contribution in [2.75, 3.05) is 11.9 Å². The summed E-state index contributed by atoms with van der Waals surface area (Å²) in [6.45, 7) is 0.354. The van der Waals surface area contributed by atoms with Crippen LogP contribution in [0.2, 0.25) is 5.15 Å². The lowest BCUT2D eigenvalue weighted by Crippen LogP contribution is -2.47. The molecule has 5 nitrogen and oxygen atoms in total. The molecule has 2 N–H and O–H groups in total. The summed E-state index contributed by atoms with van der Waals surface area (Å²) in [4.78, 5) is 18.3. The predicted molar refractivity (Wildman–Crippen MR) is 76.6 cm³/mol. The number of carbonyl (C=O) groups is 1. The van der Waals surface area contributed by atoms with Crippen molar-refractivity contribution in [1.29, 1.82) is 0 Å². The molecule has 0 saturated carbocycles. The van der Waals surface area contributed by atoms with E-state index in [-0.39, 0.29) is 12.0 Å². The Hall–Kier alpha value is -1.17. The minimum Gasteiger partial charge on any atom is -0.393 e. The van der Waals surface area contributed by atoms with Crippen LogP contribution >= 0.6 is 11.6 Å². The van der Waals surface area contributed by atoms with Gasteiger partial charge < -0.3 is 10.4 Å². The minimum atomic E-state index is -0.209. The molecule has 0 aliphatic carbocycles. The summed E-state index contributed by atoms with van der Waals surface area (Å²) in [5.74, 6) is -0.0758. The molecule has 2 fully saturated rings. The van der Waals surface area contributed by atoms with Crippen LogP contribution in [0.1, 0.15) is 25.7 Å². The number of amides is 1. The Morgan fingerprint density at radius 1 is 1.45 bits per heavy atom. The summed E-state index contributed by atoms with van der Waals surface area (Å²) in [6, 6.07) is 4.14. The molecule has 3 rings (SSSR count). The van der Waals surface area contributed by atoms with Crippen molar-refractivity contribution >= 4 is 23.2 Å². The second-order valence-corrected chi connectivity index (χ2v) is 5.93. The fourth-order valence-electron chi connectivity index (χ4n) is 3.34. The molecule has 2 saturated heterocycles. The fraction of sp³-hybridized carbons (Fsp3) is 0.571. The van der Waals surface area contributed by atoms with Gasteiger partial charge >= 0.3 is 0 Å². The molecule has 6 heteroatoms. The second kappa shape index (κ2) is 5.68. The molecular weight excluding hydrogens is 278 g/mol. The molecule has 2 unspecified atom stereocenters. The molecular formula is C14H18ClN3O2. The van der Waals surface area contributed by atoms with E-state index in [1.54, 1.807) is 18.3 Å². The van der Waals surface area contributed by atoms with Crippen molar-refractivity contribution in [3.8, 4) is 0 Å². The van der Waals surface area contributed by atoms with Crippen molar-refractivity contribution in [1.82, 2.24) is 9.88 Å². The maximum absolute atomic E-state index is 12.1. The van der Waals surface area contributed by atoms with Crippen LogP contribution in [0.5, 0.6) is 0 Å². The smallest absolute Gasteiger partial charge is 0.238 e. The fourth-order valence-corrected chi connectivity index (χ4v) is 3.51. The first-order valence-electron chi connectivity index (χ1n) is 6.97. The van der Waals surface area contributed by atoms with Crippen molar-refractivity contribution in [3.63, 3.8) is 0 Å². The molecule has 1 amide bonds. The first kappa shape index (κ1) is 13.8. The number of hydrogen-bond acceptors (Lipinski definition) is 4. The Morgan fingerprint density at radius 2 is 2.15 bits per heavy atom. The number of anilines is 1. The van der Waals surface area contributed by atoms with E-state index in [9.17, 15) is 9.90 Å². The van der Waals surface area contributed by atoms with Crippen LogP contribution in [0.3, 0.4) is 0 Å². The van der Waals surface area contributed by atoms with Crippen LogP contribution in [0.15, 0.2) is 18.3 Å². The third-order valence-corrected chi connectivity index (χ3v) is 4.52. The first-order valence-corrected chi connectivity index (χ1v) is 7.35.